The molecule has 0 bridgehead atoms. The van der Waals surface area contributed by atoms with E-state index in [0.717, 1.165) is 5.69 Å². The Kier molecular flexibility index (Phi) is 3.18. The third kappa shape index (κ3) is 2.40. The fraction of sp³-hybridized carbons (Fsp3) is 0.636. The number of sulfone groups is 1. The first-order valence-electron chi connectivity index (χ1n) is 5.78. The van der Waals surface area contributed by atoms with Crippen LogP contribution in [0.25, 0.3) is 0 Å². The van der Waals surface area contributed by atoms with Crippen molar-refractivity contribution in [1.82, 2.24) is 14.7 Å². The SMILES string of the molecule is Cc1cc(C(=O)N(C)C2CCS(=O)(=O)C2)nn1C. The van der Waals surface area contributed by atoms with Gasteiger partial charge < -0.3 is 4.90 Å². The molecule has 1 saturated heterocycles. The molecule has 1 atom stereocenters. The second-order valence-electron chi connectivity index (χ2n) is 4.77. The highest BCUT2D eigenvalue weighted by atomic mass is 32.2. The maximum Gasteiger partial charge on any atom is 0.274 e. The Morgan fingerprint density at radius 1 is 1.56 bits per heavy atom. The summed E-state index contributed by atoms with van der Waals surface area (Å²) in [6, 6.07) is 1.48. The first-order valence-corrected chi connectivity index (χ1v) is 7.60. The Morgan fingerprint density at radius 2 is 2.22 bits per heavy atom. The molecule has 100 valence electrons. The number of carbonyl (C=O) groups excluding carboxylic acids is 1. The molecule has 0 radical (unpaired) electrons. The van der Waals surface area contributed by atoms with Crippen molar-refractivity contribution >= 4 is 15.7 Å². The van der Waals surface area contributed by atoms with Crippen LogP contribution >= 0.6 is 0 Å². The van der Waals surface area contributed by atoms with Crippen LogP contribution in [0.1, 0.15) is 22.6 Å². The molecule has 0 aliphatic carbocycles. The number of nitrogens with zero attached hydrogens (tertiary/aromatic N) is 3. The summed E-state index contributed by atoms with van der Waals surface area (Å²) in [4.78, 5) is 13.7. The topological polar surface area (TPSA) is 72.3 Å². The standard InChI is InChI=1S/C11H17N3O3S/c1-8-6-10(12-14(8)3)11(15)13(2)9-4-5-18(16,17)7-9/h6,9H,4-5,7H2,1-3H3. The second kappa shape index (κ2) is 4.38. The number of aryl methyl sites for hydroxylation is 2. The molecule has 0 aromatic carbocycles. The monoisotopic (exact) mass is 271 g/mol. The van der Waals surface area contributed by atoms with Crippen LogP contribution in [0.4, 0.5) is 0 Å². The van der Waals surface area contributed by atoms with Crippen LogP contribution in [0.3, 0.4) is 0 Å². The van der Waals surface area contributed by atoms with E-state index in [2.05, 4.69) is 5.10 Å². The summed E-state index contributed by atoms with van der Waals surface area (Å²) < 4.78 is 24.4. The Morgan fingerprint density at radius 3 is 2.67 bits per heavy atom. The van der Waals surface area contributed by atoms with Crippen LogP contribution in [0.5, 0.6) is 0 Å². The molecular weight excluding hydrogens is 254 g/mol. The van der Waals surface area contributed by atoms with E-state index in [1.54, 1.807) is 24.8 Å². The zero-order valence-electron chi connectivity index (χ0n) is 10.8. The molecule has 2 heterocycles. The molecule has 6 nitrogen and oxygen atoms in total. The van der Waals surface area contributed by atoms with Gasteiger partial charge in [-0.1, -0.05) is 0 Å². The summed E-state index contributed by atoms with van der Waals surface area (Å²) in [5, 5.41) is 4.11. The van der Waals surface area contributed by atoms with Crippen LogP contribution in [-0.4, -0.2) is 53.6 Å². The molecule has 0 saturated carbocycles. The lowest BCUT2D eigenvalue weighted by Crippen LogP contribution is -2.38. The molecule has 1 aliphatic rings. The third-order valence-corrected chi connectivity index (χ3v) is 5.16. The normalized spacial score (nSPS) is 22.1. The summed E-state index contributed by atoms with van der Waals surface area (Å²) >= 11 is 0. The largest absolute Gasteiger partial charge is 0.336 e. The number of carbonyl (C=O) groups is 1. The lowest BCUT2D eigenvalue weighted by Gasteiger charge is -2.22. The zero-order chi connectivity index (χ0) is 13.5. The molecule has 2 rings (SSSR count). The smallest absolute Gasteiger partial charge is 0.274 e. The lowest BCUT2D eigenvalue weighted by molar-refractivity contribution is 0.0741. The van der Waals surface area contributed by atoms with Crippen molar-refractivity contribution in [2.24, 2.45) is 7.05 Å². The van der Waals surface area contributed by atoms with Crippen molar-refractivity contribution in [2.45, 2.75) is 19.4 Å². The third-order valence-electron chi connectivity index (χ3n) is 3.41. The van der Waals surface area contributed by atoms with Gasteiger partial charge in [0.2, 0.25) is 0 Å². The van der Waals surface area contributed by atoms with Crippen molar-refractivity contribution in [3.05, 3.63) is 17.5 Å². The molecule has 1 fully saturated rings. The van der Waals surface area contributed by atoms with Crippen LogP contribution in [0.15, 0.2) is 6.07 Å². The van der Waals surface area contributed by atoms with Crippen molar-refractivity contribution < 1.29 is 13.2 Å². The first-order chi connectivity index (χ1) is 8.30. The van der Waals surface area contributed by atoms with Gasteiger partial charge in [0.05, 0.1) is 11.5 Å². The Balaban J connectivity index is 2.15. The van der Waals surface area contributed by atoms with Gasteiger partial charge in [0.25, 0.3) is 5.91 Å². The zero-order valence-corrected chi connectivity index (χ0v) is 11.6. The summed E-state index contributed by atoms with van der Waals surface area (Å²) in [6.07, 6.45) is 0.510. The van der Waals surface area contributed by atoms with E-state index in [4.69, 9.17) is 0 Å². The van der Waals surface area contributed by atoms with E-state index < -0.39 is 9.84 Å². The van der Waals surface area contributed by atoms with E-state index in [9.17, 15) is 13.2 Å². The molecule has 1 aromatic heterocycles. The first kappa shape index (κ1) is 13.1. The van der Waals surface area contributed by atoms with E-state index in [0.29, 0.717) is 12.1 Å². The number of amides is 1. The minimum atomic E-state index is -2.98. The van der Waals surface area contributed by atoms with Gasteiger partial charge in [0.1, 0.15) is 0 Å². The van der Waals surface area contributed by atoms with Gasteiger partial charge >= 0.3 is 0 Å². The van der Waals surface area contributed by atoms with Gasteiger partial charge in [-0.05, 0) is 19.4 Å². The molecule has 1 aliphatic heterocycles. The second-order valence-corrected chi connectivity index (χ2v) is 7.00. The highest BCUT2D eigenvalue weighted by Crippen LogP contribution is 2.18. The van der Waals surface area contributed by atoms with E-state index in [1.165, 1.54) is 4.90 Å². The minimum absolute atomic E-state index is 0.0566. The Labute approximate surface area is 106 Å². The van der Waals surface area contributed by atoms with Gasteiger partial charge in [-0.15, -0.1) is 0 Å². The molecule has 7 heteroatoms. The van der Waals surface area contributed by atoms with Crippen molar-refractivity contribution in [3.8, 4) is 0 Å². The van der Waals surface area contributed by atoms with Gasteiger partial charge in [0, 0.05) is 25.8 Å². The van der Waals surface area contributed by atoms with Crippen LogP contribution in [-0.2, 0) is 16.9 Å². The predicted molar refractivity (Wildman–Crippen MR) is 67.1 cm³/mol. The highest BCUT2D eigenvalue weighted by Gasteiger charge is 2.33. The molecule has 1 amide bonds. The summed E-state index contributed by atoms with van der Waals surface area (Å²) in [5.41, 5.74) is 1.26. The maximum atomic E-state index is 12.2. The van der Waals surface area contributed by atoms with Crippen molar-refractivity contribution in [1.29, 1.82) is 0 Å². The van der Waals surface area contributed by atoms with Crippen LogP contribution in [0.2, 0.25) is 0 Å². The number of hydrogen-bond acceptors (Lipinski definition) is 4. The summed E-state index contributed by atoms with van der Waals surface area (Å²) in [6.45, 7) is 1.86. The molecule has 0 spiro atoms. The van der Waals surface area contributed by atoms with Gasteiger partial charge in [-0.3, -0.25) is 9.48 Å². The lowest BCUT2D eigenvalue weighted by atomic mass is 10.2. The number of rotatable bonds is 2. The van der Waals surface area contributed by atoms with Crippen molar-refractivity contribution in [2.75, 3.05) is 18.6 Å². The van der Waals surface area contributed by atoms with E-state index >= 15 is 0 Å². The quantitative estimate of drug-likeness (QED) is 0.758. The molecule has 1 unspecified atom stereocenters. The Hall–Kier alpha value is -1.37. The van der Waals surface area contributed by atoms with Crippen LogP contribution < -0.4 is 0 Å². The fourth-order valence-electron chi connectivity index (χ4n) is 2.09. The van der Waals surface area contributed by atoms with Gasteiger partial charge in [-0.25, -0.2) is 8.42 Å². The molecule has 0 N–H and O–H groups in total. The minimum Gasteiger partial charge on any atom is -0.336 e. The summed E-state index contributed by atoms with van der Waals surface area (Å²) in [5.74, 6) is -0.00165. The van der Waals surface area contributed by atoms with E-state index in [1.807, 2.05) is 6.92 Å². The molecule has 18 heavy (non-hydrogen) atoms. The molecular formula is C11H17N3O3S. The summed E-state index contributed by atoms with van der Waals surface area (Å²) in [7, 11) is 0.428. The number of hydrogen-bond donors (Lipinski definition) is 0. The van der Waals surface area contributed by atoms with E-state index in [-0.39, 0.29) is 23.5 Å². The number of aromatic nitrogens is 2. The maximum absolute atomic E-state index is 12.2. The fourth-order valence-corrected chi connectivity index (χ4v) is 3.87. The predicted octanol–water partition coefficient (Wildman–Crippen LogP) is -0.0124. The van der Waals surface area contributed by atoms with Crippen molar-refractivity contribution in [3.63, 3.8) is 0 Å². The van der Waals surface area contributed by atoms with Gasteiger partial charge in [-0.2, -0.15) is 5.10 Å². The van der Waals surface area contributed by atoms with Gasteiger partial charge in [0.15, 0.2) is 15.5 Å². The molecule has 1 aromatic rings. The average molecular weight is 271 g/mol. The Bertz CT molecular complexity index is 557. The van der Waals surface area contributed by atoms with Crippen LogP contribution in [0, 0.1) is 6.92 Å². The highest BCUT2D eigenvalue weighted by molar-refractivity contribution is 7.91. The average Bonchev–Trinajstić information content (AvgIpc) is 2.81.